The first kappa shape index (κ1) is 19.8. The molecule has 0 aliphatic carbocycles. The Kier molecular flexibility index (Phi) is 6.50. The Morgan fingerprint density at radius 2 is 2.00 bits per heavy atom. The number of nitrogens with one attached hydrogen (secondary N) is 1. The van der Waals surface area contributed by atoms with E-state index in [1.807, 2.05) is 0 Å². The van der Waals surface area contributed by atoms with Gasteiger partial charge in [0, 0.05) is 10.5 Å². The molecule has 0 fully saturated rings. The van der Waals surface area contributed by atoms with Gasteiger partial charge in [-0.1, -0.05) is 6.07 Å². The van der Waals surface area contributed by atoms with Gasteiger partial charge in [0.25, 0.3) is 0 Å². The fraction of sp³-hybridized carbons (Fsp3) is 0.250. The number of carbonyl (C=O) groups is 2. The van der Waals surface area contributed by atoms with Crippen LogP contribution in [0.1, 0.15) is 33.9 Å². The summed E-state index contributed by atoms with van der Waals surface area (Å²) in [7, 11) is -3.74. The van der Waals surface area contributed by atoms with Crippen LogP contribution in [0.5, 0.6) is 0 Å². The molecular formula is C16H16BrNO5S2. The van der Waals surface area contributed by atoms with Crippen LogP contribution in [0.2, 0.25) is 0 Å². The number of halogens is 1. The summed E-state index contributed by atoms with van der Waals surface area (Å²) >= 11 is 4.45. The predicted octanol–water partition coefficient (Wildman–Crippen LogP) is 3.24. The minimum absolute atomic E-state index is 0.0330. The topological polar surface area (TPSA) is 89.5 Å². The number of esters is 1. The second-order valence-electron chi connectivity index (χ2n) is 5.39. The van der Waals surface area contributed by atoms with Gasteiger partial charge in [0.05, 0.1) is 15.3 Å². The summed E-state index contributed by atoms with van der Waals surface area (Å²) < 4.78 is 32.3. The standard InChI is InChI=1S/C16H16BrNO5S2/c1-10(2)18-25(21,22)11-5-6-13(17)12(8-11)16(20)23-9-14(19)15-4-3-7-24-15/h3-8,10,18H,9H2,1-2H3. The smallest absolute Gasteiger partial charge is 0.339 e. The van der Waals surface area contributed by atoms with Crippen molar-refractivity contribution in [2.45, 2.75) is 24.8 Å². The molecule has 0 unspecified atom stereocenters. The molecule has 6 nitrogen and oxygen atoms in total. The number of thiophene rings is 1. The molecule has 0 amide bonds. The Hall–Kier alpha value is -1.55. The third kappa shape index (κ3) is 5.21. The number of carbonyl (C=O) groups excluding carboxylic acids is 2. The van der Waals surface area contributed by atoms with E-state index >= 15 is 0 Å². The third-order valence-electron chi connectivity index (χ3n) is 2.99. The largest absolute Gasteiger partial charge is 0.454 e. The first-order valence-corrected chi connectivity index (χ1v) is 10.4. The summed E-state index contributed by atoms with van der Waals surface area (Å²) in [6.07, 6.45) is 0. The monoisotopic (exact) mass is 445 g/mol. The molecule has 134 valence electrons. The van der Waals surface area contributed by atoms with Crippen molar-refractivity contribution in [3.63, 3.8) is 0 Å². The normalized spacial score (nSPS) is 11.5. The lowest BCUT2D eigenvalue weighted by Gasteiger charge is -2.11. The lowest BCUT2D eigenvalue weighted by molar-refractivity contribution is 0.0474. The van der Waals surface area contributed by atoms with Gasteiger partial charge in [-0.25, -0.2) is 17.9 Å². The van der Waals surface area contributed by atoms with E-state index in [1.54, 1.807) is 31.4 Å². The molecule has 1 aromatic heterocycles. The van der Waals surface area contributed by atoms with Gasteiger partial charge in [0.15, 0.2) is 6.61 Å². The average molecular weight is 446 g/mol. The molecule has 9 heteroatoms. The fourth-order valence-electron chi connectivity index (χ4n) is 1.92. The Morgan fingerprint density at radius 1 is 1.28 bits per heavy atom. The molecule has 2 rings (SSSR count). The van der Waals surface area contributed by atoms with Crippen molar-refractivity contribution in [1.29, 1.82) is 0 Å². The fourth-order valence-corrected chi connectivity index (χ4v) is 4.26. The van der Waals surface area contributed by atoms with Crippen molar-refractivity contribution >= 4 is 49.0 Å². The maximum Gasteiger partial charge on any atom is 0.339 e. The van der Waals surface area contributed by atoms with Crippen molar-refractivity contribution in [3.05, 3.63) is 50.6 Å². The van der Waals surface area contributed by atoms with Crippen LogP contribution in [0.15, 0.2) is 45.1 Å². The number of Topliss-reactive ketones (excluding diaryl/α,β-unsaturated/α-hetero) is 1. The van der Waals surface area contributed by atoms with E-state index in [9.17, 15) is 18.0 Å². The van der Waals surface area contributed by atoms with Crippen molar-refractivity contribution < 1.29 is 22.7 Å². The highest BCUT2D eigenvalue weighted by atomic mass is 79.9. The van der Waals surface area contributed by atoms with Gasteiger partial charge in [0.2, 0.25) is 15.8 Å². The van der Waals surface area contributed by atoms with E-state index in [2.05, 4.69) is 20.7 Å². The summed E-state index contributed by atoms with van der Waals surface area (Å²) in [4.78, 5) is 24.5. The van der Waals surface area contributed by atoms with Crippen LogP contribution in [0, 0.1) is 0 Å². The van der Waals surface area contributed by atoms with Crippen LogP contribution < -0.4 is 4.72 Å². The van der Waals surface area contributed by atoms with Gasteiger partial charge in [-0.05, 0) is 59.4 Å². The third-order valence-corrected chi connectivity index (χ3v) is 6.25. The molecule has 0 radical (unpaired) electrons. The molecule has 0 spiro atoms. The second-order valence-corrected chi connectivity index (χ2v) is 8.91. The zero-order valence-corrected chi connectivity index (χ0v) is 16.7. The van der Waals surface area contributed by atoms with Crippen LogP contribution in [-0.4, -0.2) is 32.8 Å². The molecule has 1 heterocycles. The number of sulfonamides is 1. The molecule has 0 saturated heterocycles. The molecule has 0 bridgehead atoms. The number of ether oxygens (including phenoxy) is 1. The van der Waals surface area contributed by atoms with Crippen LogP contribution >= 0.6 is 27.3 Å². The van der Waals surface area contributed by atoms with Crippen LogP contribution in [-0.2, 0) is 14.8 Å². The Balaban J connectivity index is 2.16. The van der Waals surface area contributed by atoms with Crippen molar-refractivity contribution in [2.75, 3.05) is 6.61 Å². The minimum atomic E-state index is -3.74. The van der Waals surface area contributed by atoms with E-state index in [0.717, 1.165) is 0 Å². The highest BCUT2D eigenvalue weighted by molar-refractivity contribution is 9.10. The lowest BCUT2D eigenvalue weighted by Crippen LogP contribution is -2.30. The molecule has 0 aliphatic heterocycles. The van der Waals surface area contributed by atoms with Gasteiger partial charge in [0.1, 0.15) is 0 Å². The maximum absolute atomic E-state index is 12.2. The van der Waals surface area contributed by atoms with Gasteiger partial charge in [-0.15, -0.1) is 11.3 Å². The average Bonchev–Trinajstić information content (AvgIpc) is 3.05. The van der Waals surface area contributed by atoms with Crippen LogP contribution in [0.25, 0.3) is 0 Å². The second kappa shape index (κ2) is 8.22. The zero-order valence-electron chi connectivity index (χ0n) is 13.5. The summed E-state index contributed by atoms with van der Waals surface area (Å²) in [5.74, 6) is -1.09. The highest BCUT2D eigenvalue weighted by Gasteiger charge is 2.21. The van der Waals surface area contributed by atoms with Crippen LogP contribution in [0.4, 0.5) is 0 Å². The summed E-state index contributed by atoms with van der Waals surface area (Å²) in [6.45, 7) is 2.98. The SMILES string of the molecule is CC(C)NS(=O)(=O)c1ccc(Br)c(C(=O)OCC(=O)c2cccs2)c1. The quantitative estimate of drug-likeness (QED) is 0.521. The molecule has 0 atom stereocenters. The molecule has 1 N–H and O–H groups in total. The molecule has 0 aliphatic rings. The number of rotatable bonds is 7. The zero-order chi connectivity index (χ0) is 18.6. The highest BCUT2D eigenvalue weighted by Crippen LogP contribution is 2.22. The van der Waals surface area contributed by atoms with E-state index in [-0.39, 0.29) is 22.3 Å². The molecule has 0 saturated carbocycles. The lowest BCUT2D eigenvalue weighted by atomic mass is 10.2. The number of hydrogen-bond donors (Lipinski definition) is 1. The van der Waals surface area contributed by atoms with Gasteiger partial charge >= 0.3 is 5.97 Å². The van der Waals surface area contributed by atoms with E-state index in [4.69, 9.17) is 4.74 Å². The van der Waals surface area contributed by atoms with Gasteiger partial charge in [-0.2, -0.15) is 0 Å². The molecule has 2 aromatic rings. The molecule has 25 heavy (non-hydrogen) atoms. The molecular weight excluding hydrogens is 430 g/mol. The number of hydrogen-bond acceptors (Lipinski definition) is 6. The Morgan fingerprint density at radius 3 is 2.60 bits per heavy atom. The van der Waals surface area contributed by atoms with E-state index in [1.165, 1.54) is 29.5 Å². The maximum atomic E-state index is 12.2. The van der Waals surface area contributed by atoms with E-state index in [0.29, 0.717) is 9.35 Å². The minimum Gasteiger partial charge on any atom is -0.454 e. The first-order chi connectivity index (χ1) is 11.7. The predicted molar refractivity (Wildman–Crippen MR) is 98.5 cm³/mol. The Labute approximate surface area is 158 Å². The Bertz CT molecular complexity index is 876. The van der Waals surface area contributed by atoms with Gasteiger partial charge in [-0.3, -0.25) is 4.79 Å². The summed E-state index contributed by atoms with van der Waals surface area (Å²) in [5, 5.41) is 1.75. The number of ketones is 1. The van der Waals surface area contributed by atoms with Crippen molar-refractivity contribution in [3.8, 4) is 0 Å². The van der Waals surface area contributed by atoms with Gasteiger partial charge < -0.3 is 4.74 Å². The van der Waals surface area contributed by atoms with Crippen molar-refractivity contribution in [1.82, 2.24) is 4.72 Å². The van der Waals surface area contributed by atoms with Crippen molar-refractivity contribution in [2.24, 2.45) is 0 Å². The molecule has 1 aromatic carbocycles. The first-order valence-electron chi connectivity index (χ1n) is 7.26. The van der Waals surface area contributed by atoms with Crippen LogP contribution in [0.3, 0.4) is 0 Å². The number of benzene rings is 1. The summed E-state index contributed by atoms with van der Waals surface area (Å²) in [6, 6.07) is 7.13. The summed E-state index contributed by atoms with van der Waals surface area (Å²) in [5.41, 5.74) is 0.0330. The van der Waals surface area contributed by atoms with E-state index < -0.39 is 22.6 Å².